The Morgan fingerprint density at radius 1 is 1.20 bits per heavy atom. The summed E-state index contributed by atoms with van der Waals surface area (Å²) in [5, 5.41) is 0. The van der Waals surface area contributed by atoms with Gasteiger partial charge in [-0.1, -0.05) is 15.9 Å². The molecule has 0 aliphatic carbocycles. The van der Waals surface area contributed by atoms with Gasteiger partial charge in [0.25, 0.3) is 10.0 Å². The zero-order valence-electron chi connectivity index (χ0n) is 10.5. The minimum absolute atomic E-state index is 0.114. The Hall–Kier alpha value is -1.60. The van der Waals surface area contributed by atoms with Crippen molar-refractivity contribution in [2.24, 2.45) is 0 Å². The van der Waals surface area contributed by atoms with E-state index < -0.39 is 15.8 Å². The molecule has 0 saturated carbocycles. The standard InChI is InChI=1S/C13H12BrFN2O2S/c1-8-6-10(3-4-11(8)14)20(18,19)17-9-2-5-12(15)13(16)7-9/h2-7,17H,16H2,1H3. The fourth-order valence-electron chi connectivity index (χ4n) is 1.61. The van der Waals surface area contributed by atoms with Gasteiger partial charge in [0.1, 0.15) is 5.82 Å². The fraction of sp³-hybridized carbons (Fsp3) is 0.0769. The Bertz CT molecular complexity index is 763. The molecule has 0 spiro atoms. The number of hydrogen-bond donors (Lipinski definition) is 2. The summed E-state index contributed by atoms with van der Waals surface area (Å²) in [5.74, 6) is -0.590. The number of aryl methyl sites for hydroxylation is 1. The summed E-state index contributed by atoms with van der Waals surface area (Å²) in [5.41, 5.74) is 6.30. The van der Waals surface area contributed by atoms with Crippen molar-refractivity contribution in [3.8, 4) is 0 Å². The average Bonchev–Trinajstić information content (AvgIpc) is 2.37. The number of rotatable bonds is 3. The molecule has 0 bridgehead atoms. The van der Waals surface area contributed by atoms with Crippen molar-refractivity contribution in [1.29, 1.82) is 0 Å². The molecule has 20 heavy (non-hydrogen) atoms. The van der Waals surface area contributed by atoms with Crippen LogP contribution in [0.2, 0.25) is 0 Å². The van der Waals surface area contributed by atoms with E-state index in [4.69, 9.17) is 5.73 Å². The van der Waals surface area contributed by atoms with Crippen molar-refractivity contribution >= 4 is 37.3 Å². The van der Waals surface area contributed by atoms with E-state index >= 15 is 0 Å². The highest BCUT2D eigenvalue weighted by molar-refractivity contribution is 9.10. The number of nitrogens with one attached hydrogen (secondary N) is 1. The van der Waals surface area contributed by atoms with Gasteiger partial charge >= 0.3 is 0 Å². The summed E-state index contributed by atoms with van der Waals surface area (Å²) in [7, 11) is -3.73. The summed E-state index contributed by atoms with van der Waals surface area (Å²) >= 11 is 3.31. The molecule has 0 aliphatic rings. The summed E-state index contributed by atoms with van der Waals surface area (Å²) in [6.45, 7) is 1.79. The lowest BCUT2D eigenvalue weighted by Crippen LogP contribution is -2.13. The van der Waals surface area contributed by atoms with Crippen LogP contribution < -0.4 is 10.5 Å². The molecule has 7 heteroatoms. The maximum atomic E-state index is 13.0. The Kier molecular flexibility index (Phi) is 4.01. The molecular formula is C13H12BrFN2O2S. The second-order valence-corrected chi connectivity index (χ2v) is 6.79. The minimum Gasteiger partial charge on any atom is -0.396 e. The first-order valence-electron chi connectivity index (χ1n) is 5.63. The topological polar surface area (TPSA) is 72.2 Å². The van der Waals surface area contributed by atoms with Crippen molar-refractivity contribution in [3.63, 3.8) is 0 Å². The van der Waals surface area contributed by atoms with Gasteiger partial charge < -0.3 is 5.73 Å². The van der Waals surface area contributed by atoms with Gasteiger partial charge in [-0.2, -0.15) is 0 Å². The van der Waals surface area contributed by atoms with Crippen molar-refractivity contribution < 1.29 is 12.8 Å². The Morgan fingerprint density at radius 3 is 2.50 bits per heavy atom. The van der Waals surface area contributed by atoms with E-state index in [1.54, 1.807) is 19.1 Å². The monoisotopic (exact) mass is 358 g/mol. The quantitative estimate of drug-likeness (QED) is 0.827. The molecule has 0 radical (unpaired) electrons. The lowest BCUT2D eigenvalue weighted by atomic mass is 10.2. The molecule has 0 fully saturated rings. The normalized spacial score (nSPS) is 11.3. The number of hydrogen-bond acceptors (Lipinski definition) is 3. The zero-order chi connectivity index (χ0) is 14.9. The van der Waals surface area contributed by atoms with E-state index in [0.29, 0.717) is 0 Å². The molecule has 2 rings (SSSR count). The molecule has 0 aliphatic heterocycles. The van der Waals surface area contributed by atoms with Gasteiger partial charge in [-0.25, -0.2) is 12.8 Å². The van der Waals surface area contributed by atoms with Gasteiger partial charge in [0.2, 0.25) is 0 Å². The highest BCUT2D eigenvalue weighted by Crippen LogP contribution is 2.23. The SMILES string of the molecule is Cc1cc(S(=O)(=O)Nc2ccc(F)c(N)c2)ccc1Br. The van der Waals surface area contributed by atoms with Crippen molar-refractivity contribution in [2.75, 3.05) is 10.5 Å². The largest absolute Gasteiger partial charge is 0.396 e. The molecule has 0 atom stereocenters. The van der Waals surface area contributed by atoms with Gasteiger partial charge in [-0.15, -0.1) is 0 Å². The lowest BCUT2D eigenvalue weighted by molar-refractivity contribution is 0.601. The third-order valence-corrected chi connectivity index (χ3v) is 4.96. The first kappa shape index (κ1) is 14.8. The fourth-order valence-corrected chi connectivity index (χ4v) is 2.99. The van der Waals surface area contributed by atoms with Crippen LogP contribution in [0.1, 0.15) is 5.56 Å². The second kappa shape index (κ2) is 5.41. The number of anilines is 2. The van der Waals surface area contributed by atoms with E-state index in [1.807, 2.05) is 0 Å². The number of benzene rings is 2. The molecule has 0 unspecified atom stereocenters. The highest BCUT2D eigenvalue weighted by Gasteiger charge is 2.15. The maximum absolute atomic E-state index is 13.0. The van der Waals surface area contributed by atoms with E-state index in [0.717, 1.165) is 16.1 Å². The van der Waals surface area contributed by atoms with Crippen molar-refractivity contribution in [2.45, 2.75) is 11.8 Å². The van der Waals surface area contributed by atoms with Crippen LogP contribution in [0.25, 0.3) is 0 Å². The van der Waals surface area contributed by atoms with E-state index in [2.05, 4.69) is 20.7 Å². The lowest BCUT2D eigenvalue weighted by Gasteiger charge is -2.10. The first-order valence-corrected chi connectivity index (χ1v) is 7.91. The predicted molar refractivity (Wildman–Crippen MR) is 80.5 cm³/mol. The third-order valence-electron chi connectivity index (χ3n) is 2.69. The third kappa shape index (κ3) is 3.10. The number of nitrogen functional groups attached to an aromatic ring is 1. The maximum Gasteiger partial charge on any atom is 0.261 e. The molecule has 106 valence electrons. The number of nitrogens with two attached hydrogens (primary N) is 1. The summed E-state index contributed by atoms with van der Waals surface area (Å²) in [6, 6.07) is 8.34. The van der Waals surface area contributed by atoms with E-state index in [9.17, 15) is 12.8 Å². The van der Waals surface area contributed by atoms with Gasteiger partial charge in [-0.3, -0.25) is 4.72 Å². The van der Waals surface area contributed by atoms with Crippen LogP contribution in [0.4, 0.5) is 15.8 Å². The van der Waals surface area contributed by atoms with E-state index in [1.165, 1.54) is 18.2 Å². The highest BCUT2D eigenvalue weighted by atomic mass is 79.9. The predicted octanol–water partition coefficient (Wildman–Crippen LogP) is 3.28. The van der Waals surface area contributed by atoms with Crippen LogP contribution in [-0.4, -0.2) is 8.42 Å². The molecule has 0 aromatic heterocycles. The van der Waals surface area contributed by atoms with Crippen LogP contribution in [-0.2, 0) is 10.0 Å². The molecule has 0 heterocycles. The van der Waals surface area contributed by atoms with Crippen LogP contribution in [0.3, 0.4) is 0 Å². The molecule has 3 N–H and O–H groups in total. The summed E-state index contributed by atoms with van der Waals surface area (Å²) in [6.07, 6.45) is 0. The van der Waals surface area contributed by atoms with E-state index in [-0.39, 0.29) is 16.3 Å². The molecule has 2 aromatic carbocycles. The van der Waals surface area contributed by atoms with Crippen LogP contribution in [0.5, 0.6) is 0 Å². The number of sulfonamides is 1. The van der Waals surface area contributed by atoms with Crippen molar-refractivity contribution in [3.05, 3.63) is 52.3 Å². The Balaban J connectivity index is 2.35. The average molecular weight is 359 g/mol. The van der Waals surface area contributed by atoms with Crippen LogP contribution in [0.15, 0.2) is 45.8 Å². The van der Waals surface area contributed by atoms with Crippen LogP contribution >= 0.6 is 15.9 Å². The molecule has 2 aromatic rings. The Labute approximate surface area is 125 Å². The van der Waals surface area contributed by atoms with Crippen molar-refractivity contribution in [1.82, 2.24) is 0 Å². The summed E-state index contributed by atoms with van der Waals surface area (Å²) < 4.78 is 40.6. The van der Waals surface area contributed by atoms with Crippen LogP contribution in [0, 0.1) is 12.7 Å². The molecule has 4 nitrogen and oxygen atoms in total. The molecule has 0 saturated heterocycles. The van der Waals surface area contributed by atoms with Gasteiger partial charge in [-0.05, 0) is 48.9 Å². The molecular weight excluding hydrogens is 347 g/mol. The first-order chi connectivity index (χ1) is 9.29. The molecule has 0 amide bonds. The van der Waals surface area contributed by atoms with Gasteiger partial charge in [0.15, 0.2) is 0 Å². The number of halogens is 2. The second-order valence-electron chi connectivity index (χ2n) is 4.25. The van der Waals surface area contributed by atoms with Gasteiger partial charge in [0, 0.05) is 4.47 Å². The minimum atomic E-state index is -3.73. The summed E-state index contributed by atoms with van der Waals surface area (Å²) in [4.78, 5) is 0.126. The Morgan fingerprint density at radius 2 is 1.90 bits per heavy atom. The smallest absolute Gasteiger partial charge is 0.261 e. The van der Waals surface area contributed by atoms with Gasteiger partial charge in [0.05, 0.1) is 16.3 Å². The zero-order valence-corrected chi connectivity index (χ0v) is 12.9.